The highest BCUT2D eigenvalue weighted by Crippen LogP contribution is 2.14. The molecule has 0 spiro atoms. The molecule has 0 aliphatic carbocycles. The Bertz CT molecular complexity index is 391. The molecule has 0 radical (unpaired) electrons. The molecule has 5 N–H and O–H groups in total. The van der Waals surface area contributed by atoms with E-state index in [9.17, 15) is 0 Å². The summed E-state index contributed by atoms with van der Waals surface area (Å²) in [5.41, 5.74) is 2.66. The summed E-state index contributed by atoms with van der Waals surface area (Å²) in [6.07, 6.45) is -1.84. The number of hydrogen-bond acceptors (Lipinski definition) is 7. The minimum absolute atomic E-state index is 0.238. The van der Waals surface area contributed by atoms with Gasteiger partial charge in [-0.1, -0.05) is 0 Å². The third-order valence-corrected chi connectivity index (χ3v) is 3.15. The predicted molar refractivity (Wildman–Crippen MR) is 78.1 cm³/mol. The summed E-state index contributed by atoms with van der Waals surface area (Å²) < 4.78 is 9.64. The Morgan fingerprint density at radius 2 is 2.00 bits per heavy atom. The van der Waals surface area contributed by atoms with E-state index in [-0.39, 0.29) is 6.61 Å². The lowest BCUT2D eigenvalue weighted by Gasteiger charge is -2.30. The first-order valence-electron chi connectivity index (χ1n) is 6.48. The van der Waals surface area contributed by atoms with Crippen molar-refractivity contribution in [3.05, 3.63) is 24.3 Å². The molecule has 7 nitrogen and oxygen atoms in total. The van der Waals surface area contributed by atoms with E-state index >= 15 is 0 Å². The Morgan fingerprint density at radius 1 is 1.33 bits per heavy atom. The molecule has 120 valence electrons. The van der Waals surface area contributed by atoms with Gasteiger partial charge in [-0.05, 0) is 18.6 Å². The second-order valence-electron chi connectivity index (χ2n) is 4.45. The number of aliphatic hydroxyl groups is 3. The lowest BCUT2D eigenvalue weighted by atomic mass is 10.0. The molecule has 21 heavy (non-hydrogen) atoms. The monoisotopic (exact) mass is 320 g/mol. The fourth-order valence-corrected chi connectivity index (χ4v) is 1.88. The Labute approximate surface area is 129 Å². The SMILES string of the molecule is CO[NH2+]c1ccc(OS)cc1.OCC1OCCC(O)C1O. The average molecular weight is 320 g/mol. The molecular weight excluding hydrogens is 298 g/mol. The van der Waals surface area contributed by atoms with Gasteiger partial charge in [0.05, 0.1) is 19.8 Å². The van der Waals surface area contributed by atoms with Crippen molar-refractivity contribution >= 4 is 18.6 Å². The number of ether oxygens (including phenoxy) is 1. The van der Waals surface area contributed by atoms with Crippen LogP contribution in [0.25, 0.3) is 0 Å². The van der Waals surface area contributed by atoms with Crippen molar-refractivity contribution in [1.82, 2.24) is 0 Å². The van der Waals surface area contributed by atoms with Crippen molar-refractivity contribution in [3.8, 4) is 5.75 Å². The first-order valence-corrected chi connectivity index (χ1v) is 6.85. The molecule has 8 heteroatoms. The molecule has 0 bridgehead atoms. The molecular formula is C13H22NO6S+. The summed E-state index contributed by atoms with van der Waals surface area (Å²) in [7, 11) is 1.61. The number of quaternary nitrogens is 1. The fourth-order valence-electron chi connectivity index (χ4n) is 1.76. The molecule has 0 amide bonds. The minimum Gasteiger partial charge on any atom is -0.429 e. The first kappa shape index (κ1) is 18.2. The van der Waals surface area contributed by atoms with Crippen LogP contribution in [0.15, 0.2) is 24.3 Å². The van der Waals surface area contributed by atoms with E-state index in [1.807, 2.05) is 24.3 Å². The topological polar surface area (TPSA) is 105 Å². The Hall–Kier alpha value is -0.870. The van der Waals surface area contributed by atoms with Gasteiger partial charge < -0.3 is 24.2 Å². The van der Waals surface area contributed by atoms with Gasteiger partial charge in [0.2, 0.25) is 0 Å². The third kappa shape index (κ3) is 6.18. The maximum atomic E-state index is 9.10. The van der Waals surface area contributed by atoms with Crippen LogP contribution >= 0.6 is 12.9 Å². The van der Waals surface area contributed by atoms with Crippen LogP contribution in [-0.2, 0) is 9.57 Å². The molecule has 1 aromatic rings. The summed E-state index contributed by atoms with van der Waals surface area (Å²) >= 11 is 3.66. The number of rotatable bonds is 4. The average Bonchev–Trinajstić information content (AvgIpc) is 2.52. The molecule has 3 atom stereocenters. The number of aliphatic hydroxyl groups excluding tert-OH is 3. The smallest absolute Gasteiger partial charge is 0.162 e. The lowest BCUT2D eigenvalue weighted by Crippen LogP contribution is -2.75. The third-order valence-electron chi connectivity index (χ3n) is 2.94. The van der Waals surface area contributed by atoms with Gasteiger partial charge in [-0.25, -0.2) is 4.84 Å². The molecule has 2 rings (SSSR count). The van der Waals surface area contributed by atoms with Crippen LogP contribution in [0.1, 0.15) is 6.42 Å². The molecule has 1 fully saturated rings. The van der Waals surface area contributed by atoms with Crippen LogP contribution in [0.5, 0.6) is 5.75 Å². The number of thiol groups is 1. The Balaban J connectivity index is 0.000000211. The zero-order valence-corrected chi connectivity index (χ0v) is 12.6. The maximum Gasteiger partial charge on any atom is 0.162 e. The standard InChI is InChI=1S/C7H9NO2S.C6H12O4/c1-9-8-6-2-4-7(10-11)5-3-6;7-3-5-6(9)4(8)1-2-10-5/h2-5,8,11H,1H3;4-9H,1-3H2/p+1. The molecule has 3 unspecified atom stereocenters. The van der Waals surface area contributed by atoms with Gasteiger partial charge in [0, 0.05) is 31.6 Å². The van der Waals surface area contributed by atoms with Crippen molar-refractivity contribution in [2.45, 2.75) is 24.7 Å². The highest BCUT2D eigenvalue weighted by Gasteiger charge is 2.30. The van der Waals surface area contributed by atoms with Crippen LogP contribution in [0.4, 0.5) is 5.69 Å². The zero-order valence-electron chi connectivity index (χ0n) is 11.8. The van der Waals surface area contributed by atoms with E-state index in [0.29, 0.717) is 13.0 Å². The van der Waals surface area contributed by atoms with Crippen molar-refractivity contribution in [2.75, 3.05) is 20.3 Å². The van der Waals surface area contributed by atoms with Gasteiger partial charge >= 0.3 is 0 Å². The quantitative estimate of drug-likeness (QED) is 0.214. The van der Waals surface area contributed by atoms with Crippen molar-refractivity contribution < 1.29 is 34.6 Å². The number of nitrogens with two attached hydrogens (primary N) is 1. The highest BCUT2D eigenvalue weighted by molar-refractivity contribution is 7.75. The van der Waals surface area contributed by atoms with Crippen LogP contribution in [0.2, 0.25) is 0 Å². The van der Waals surface area contributed by atoms with Crippen molar-refractivity contribution in [3.63, 3.8) is 0 Å². The predicted octanol–water partition coefficient (Wildman–Crippen LogP) is -0.844. The van der Waals surface area contributed by atoms with Gasteiger partial charge in [-0.2, -0.15) is 5.48 Å². The fraction of sp³-hybridized carbons (Fsp3) is 0.538. The summed E-state index contributed by atoms with van der Waals surface area (Å²) in [5, 5.41) is 26.7. The second-order valence-corrected chi connectivity index (χ2v) is 4.63. The summed E-state index contributed by atoms with van der Waals surface area (Å²) in [6, 6.07) is 7.40. The van der Waals surface area contributed by atoms with Gasteiger partial charge in [-0.3, -0.25) is 0 Å². The van der Waals surface area contributed by atoms with E-state index in [1.54, 1.807) is 12.6 Å². The van der Waals surface area contributed by atoms with E-state index in [0.717, 1.165) is 11.4 Å². The summed E-state index contributed by atoms with van der Waals surface area (Å²) in [4.78, 5) is 4.82. The van der Waals surface area contributed by atoms with Gasteiger partial charge in [0.15, 0.2) is 5.69 Å². The van der Waals surface area contributed by atoms with E-state index in [4.69, 9.17) is 24.9 Å². The van der Waals surface area contributed by atoms with Crippen LogP contribution < -0.4 is 9.66 Å². The Morgan fingerprint density at radius 3 is 2.48 bits per heavy atom. The molecule has 0 saturated carbocycles. The molecule has 1 heterocycles. The number of hydrogen-bond donors (Lipinski definition) is 5. The van der Waals surface area contributed by atoms with Gasteiger partial charge in [-0.15, -0.1) is 0 Å². The van der Waals surface area contributed by atoms with E-state index < -0.39 is 18.3 Å². The van der Waals surface area contributed by atoms with Crippen molar-refractivity contribution in [2.24, 2.45) is 0 Å². The number of benzene rings is 1. The van der Waals surface area contributed by atoms with Crippen LogP contribution in [-0.4, -0.2) is 54.0 Å². The molecule has 1 aromatic carbocycles. The van der Waals surface area contributed by atoms with Crippen LogP contribution in [0, 0.1) is 0 Å². The molecule has 1 aliphatic rings. The normalized spacial score (nSPS) is 24.9. The van der Waals surface area contributed by atoms with E-state index in [2.05, 4.69) is 17.1 Å². The van der Waals surface area contributed by atoms with Crippen molar-refractivity contribution in [1.29, 1.82) is 0 Å². The zero-order chi connectivity index (χ0) is 15.7. The molecule has 0 aromatic heterocycles. The van der Waals surface area contributed by atoms with Gasteiger partial charge in [0.1, 0.15) is 18.0 Å². The highest BCUT2D eigenvalue weighted by atomic mass is 32.1. The summed E-state index contributed by atoms with van der Waals surface area (Å²) in [5.74, 6) is 0.724. The summed E-state index contributed by atoms with van der Waals surface area (Å²) in [6.45, 7) is 0.168. The minimum atomic E-state index is -0.932. The molecule has 1 saturated heterocycles. The lowest BCUT2D eigenvalue weighted by molar-refractivity contribution is -0.830. The van der Waals surface area contributed by atoms with E-state index in [1.165, 1.54) is 0 Å². The maximum absolute atomic E-state index is 9.10. The Kier molecular flexibility index (Phi) is 8.62. The second kappa shape index (κ2) is 9.96. The van der Waals surface area contributed by atoms with Crippen LogP contribution in [0.3, 0.4) is 0 Å². The molecule has 1 aliphatic heterocycles. The largest absolute Gasteiger partial charge is 0.429 e. The first-order chi connectivity index (χ1) is 10.1. The van der Waals surface area contributed by atoms with Gasteiger partial charge in [0.25, 0.3) is 0 Å².